The Morgan fingerprint density at radius 2 is 1.90 bits per heavy atom. The molecule has 0 spiro atoms. The summed E-state index contributed by atoms with van der Waals surface area (Å²) in [5.74, 6) is 1.52. The molecule has 0 radical (unpaired) electrons. The van der Waals surface area contributed by atoms with Gasteiger partial charge in [-0.2, -0.15) is 5.26 Å². The van der Waals surface area contributed by atoms with Crippen LogP contribution in [0, 0.1) is 16.7 Å². The Balaban J connectivity index is 2.41. The van der Waals surface area contributed by atoms with E-state index in [1.54, 1.807) is 14.2 Å². The van der Waals surface area contributed by atoms with E-state index in [2.05, 4.69) is 31.3 Å². The van der Waals surface area contributed by atoms with Gasteiger partial charge in [0.25, 0.3) is 0 Å². The highest BCUT2D eigenvalue weighted by Gasteiger charge is 2.16. The lowest BCUT2D eigenvalue weighted by molar-refractivity contribution is 0.319. The second-order valence-corrected chi connectivity index (χ2v) is 5.94. The van der Waals surface area contributed by atoms with Crippen molar-refractivity contribution < 1.29 is 9.47 Å². The van der Waals surface area contributed by atoms with Gasteiger partial charge in [0.2, 0.25) is 0 Å². The first-order chi connectivity index (χ1) is 10.0. The molecule has 0 amide bonds. The van der Waals surface area contributed by atoms with Crippen molar-refractivity contribution >= 4 is 0 Å². The molecule has 0 fully saturated rings. The topological polar surface area (TPSA) is 54.3 Å². The Bertz CT molecular complexity index is 478. The molecule has 0 aromatic heterocycles. The molecule has 0 aliphatic heterocycles. The average molecular weight is 290 g/mol. The first-order valence-corrected chi connectivity index (χ1v) is 7.31. The predicted molar refractivity (Wildman–Crippen MR) is 84.7 cm³/mol. The molecule has 1 aromatic carbocycles. The van der Waals surface area contributed by atoms with Gasteiger partial charge in [0, 0.05) is 13.0 Å². The second-order valence-electron chi connectivity index (χ2n) is 5.94. The molecule has 0 aliphatic rings. The Kier molecular flexibility index (Phi) is 7.04. The van der Waals surface area contributed by atoms with Crippen molar-refractivity contribution in [3.63, 3.8) is 0 Å². The molecule has 0 atom stereocenters. The highest BCUT2D eigenvalue weighted by Crippen LogP contribution is 2.27. The standard InChI is InChI=1S/C17H26N2O2/c1-17(2,9-5-10-18)13-19-11-8-14-6-7-15(20-3)16(12-14)21-4/h6-7,12,19H,5,8-9,11,13H2,1-4H3. The predicted octanol–water partition coefficient (Wildman–Crippen LogP) is 3.17. The summed E-state index contributed by atoms with van der Waals surface area (Å²) in [6.07, 6.45) is 2.48. The minimum Gasteiger partial charge on any atom is -0.493 e. The van der Waals surface area contributed by atoms with E-state index < -0.39 is 0 Å². The first kappa shape index (κ1) is 17.3. The molecule has 0 saturated carbocycles. The van der Waals surface area contributed by atoms with Gasteiger partial charge in [0.15, 0.2) is 11.5 Å². The summed E-state index contributed by atoms with van der Waals surface area (Å²) in [7, 11) is 3.29. The summed E-state index contributed by atoms with van der Waals surface area (Å²) in [4.78, 5) is 0. The quantitative estimate of drug-likeness (QED) is 0.710. The van der Waals surface area contributed by atoms with Gasteiger partial charge in [-0.1, -0.05) is 19.9 Å². The van der Waals surface area contributed by atoms with Crippen molar-refractivity contribution in [1.29, 1.82) is 5.26 Å². The molecule has 4 nitrogen and oxygen atoms in total. The van der Waals surface area contributed by atoms with Crippen LogP contribution in [0.5, 0.6) is 11.5 Å². The zero-order chi connectivity index (χ0) is 15.7. The molecule has 0 aliphatic carbocycles. The molecule has 0 saturated heterocycles. The van der Waals surface area contributed by atoms with Gasteiger partial charge < -0.3 is 14.8 Å². The van der Waals surface area contributed by atoms with Crippen molar-refractivity contribution in [1.82, 2.24) is 5.32 Å². The lowest BCUT2D eigenvalue weighted by Gasteiger charge is -2.23. The van der Waals surface area contributed by atoms with Crippen molar-refractivity contribution in [3.05, 3.63) is 23.8 Å². The third-order valence-corrected chi connectivity index (χ3v) is 3.56. The summed E-state index contributed by atoms with van der Waals surface area (Å²) >= 11 is 0. The van der Waals surface area contributed by atoms with Gasteiger partial charge >= 0.3 is 0 Å². The fourth-order valence-electron chi connectivity index (χ4n) is 2.18. The zero-order valence-electron chi connectivity index (χ0n) is 13.5. The third-order valence-electron chi connectivity index (χ3n) is 3.56. The summed E-state index contributed by atoms with van der Waals surface area (Å²) in [6, 6.07) is 8.22. The number of hydrogen-bond acceptors (Lipinski definition) is 4. The molecule has 0 unspecified atom stereocenters. The van der Waals surface area contributed by atoms with Gasteiger partial charge in [0.1, 0.15) is 0 Å². The van der Waals surface area contributed by atoms with Crippen molar-refractivity contribution in [3.8, 4) is 17.6 Å². The van der Waals surface area contributed by atoms with E-state index in [-0.39, 0.29) is 5.41 Å². The van der Waals surface area contributed by atoms with Crippen molar-refractivity contribution in [2.24, 2.45) is 5.41 Å². The zero-order valence-corrected chi connectivity index (χ0v) is 13.5. The van der Waals surface area contributed by atoms with Crippen LogP contribution in [0.4, 0.5) is 0 Å². The maximum atomic E-state index is 8.65. The maximum absolute atomic E-state index is 8.65. The molecule has 0 heterocycles. The largest absolute Gasteiger partial charge is 0.493 e. The summed E-state index contributed by atoms with van der Waals surface area (Å²) in [5, 5.41) is 12.1. The van der Waals surface area contributed by atoms with Crippen molar-refractivity contribution in [2.75, 3.05) is 27.3 Å². The molecular weight excluding hydrogens is 264 g/mol. The smallest absolute Gasteiger partial charge is 0.160 e. The van der Waals surface area contributed by atoms with Crippen LogP contribution in [0.2, 0.25) is 0 Å². The number of nitrogens with zero attached hydrogens (tertiary/aromatic N) is 1. The summed E-state index contributed by atoms with van der Waals surface area (Å²) in [5.41, 5.74) is 1.38. The van der Waals surface area contributed by atoms with Gasteiger partial charge in [0.05, 0.1) is 20.3 Å². The van der Waals surface area contributed by atoms with Gasteiger partial charge in [-0.15, -0.1) is 0 Å². The number of ether oxygens (including phenoxy) is 2. The minimum atomic E-state index is 0.160. The molecule has 116 valence electrons. The molecule has 1 N–H and O–H groups in total. The van der Waals surface area contributed by atoms with Gasteiger partial charge in [-0.25, -0.2) is 0 Å². The van der Waals surface area contributed by atoms with Crippen LogP contribution in [-0.4, -0.2) is 27.3 Å². The lowest BCUT2D eigenvalue weighted by Crippen LogP contribution is -2.30. The van der Waals surface area contributed by atoms with Gasteiger partial charge in [-0.3, -0.25) is 0 Å². The Hall–Kier alpha value is -1.73. The monoisotopic (exact) mass is 290 g/mol. The first-order valence-electron chi connectivity index (χ1n) is 7.31. The summed E-state index contributed by atoms with van der Waals surface area (Å²) in [6.45, 7) is 6.20. The third kappa shape index (κ3) is 6.05. The average Bonchev–Trinajstić information content (AvgIpc) is 2.49. The highest BCUT2D eigenvalue weighted by molar-refractivity contribution is 5.42. The van der Waals surface area contributed by atoms with Crippen LogP contribution in [0.1, 0.15) is 32.3 Å². The van der Waals surface area contributed by atoms with Crippen LogP contribution in [0.25, 0.3) is 0 Å². The van der Waals surface area contributed by atoms with Crippen LogP contribution >= 0.6 is 0 Å². The molecule has 1 aromatic rings. The Labute approximate surface area is 128 Å². The Morgan fingerprint density at radius 1 is 1.19 bits per heavy atom. The SMILES string of the molecule is COc1ccc(CCNCC(C)(C)CCC#N)cc1OC. The number of hydrogen-bond donors (Lipinski definition) is 1. The number of nitrogens with one attached hydrogen (secondary N) is 1. The number of methoxy groups -OCH3 is 2. The fraction of sp³-hybridized carbons (Fsp3) is 0.588. The van der Waals surface area contributed by atoms with E-state index in [4.69, 9.17) is 14.7 Å². The van der Waals surface area contributed by atoms with Crippen molar-refractivity contribution in [2.45, 2.75) is 33.1 Å². The number of rotatable bonds is 9. The van der Waals surface area contributed by atoms with Crippen LogP contribution in [0.15, 0.2) is 18.2 Å². The van der Waals surface area contributed by atoms with E-state index in [0.29, 0.717) is 6.42 Å². The van der Waals surface area contributed by atoms with Crippen LogP contribution in [-0.2, 0) is 6.42 Å². The van der Waals surface area contributed by atoms with Crippen LogP contribution < -0.4 is 14.8 Å². The molecule has 0 bridgehead atoms. The Morgan fingerprint density at radius 3 is 2.52 bits per heavy atom. The highest BCUT2D eigenvalue weighted by atomic mass is 16.5. The van der Waals surface area contributed by atoms with Gasteiger partial charge in [-0.05, 0) is 42.5 Å². The van der Waals surface area contributed by atoms with E-state index >= 15 is 0 Å². The molecule has 1 rings (SSSR count). The normalized spacial score (nSPS) is 11.0. The molecule has 21 heavy (non-hydrogen) atoms. The van der Waals surface area contributed by atoms with E-state index in [1.807, 2.05) is 12.1 Å². The molecule has 4 heteroatoms. The molecular formula is C17H26N2O2. The maximum Gasteiger partial charge on any atom is 0.160 e. The van der Waals surface area contributed by atoms with E-state index in [9.17, 15) is 0 Å². The number of benzene rings is 1. The lowest BCUT2D eigenvalue weighted by atomic mass is 9.88. The van der Waals surface area contributed by atoms with E-state index in [0.717, 1.165) is 37.4 Å². The minimum absolute atomic E-state index is 0.160. The number of nitriles is 1. The summed E-state index contributed by atoms with van der Waals surface area (Å²) < 4.78 is 10.5. The fourth-order valence-corrected chi connectivity index (χ4v) is 2.18. The van der Waals surface area contributed by atoms with E-state index in [1.165, 1.54) is 5.56 Å². The second kappa shape index (κ2) is 8.53. The van der Waals surface area contributed by atoms with Crippen LogP contribution in [0.3, 0.4) is 0 Å².